The van der Waals surface area contributed by atoms with Crippen LogP contribution >= 0.6 is 0 Å². The highest BCUT2D eigenvalue weighted by Crippen LogP contribution is 2.18. The number of nitrogens with zero attached hydrogens (tertiary/aromatic N) is 1. The number of nitrogens with one attached hydrogen (secondary N) is 1. The number of rotatable bonds is 8. The van der Waals surface area contributed by atoms with Crippen LogP contribution in [-0.4, -0.2) is 44.6 Å². The minimum Gasteiger partial charge on any atom is -0.467 e. The van der Waals surface area contributed by atoms with E-state index in [1.54, 1.807) is 42.7 Å². The van der Waals surface area contributed by atoms with E-state index in [2.05, 4.69) is 10.2 Å². The highest BCUT2D eigenvalue weighted by Gasteiger charge is 2.26. The van der Waals surface area contributed by atoms with E-state index < -0.39 is 10.1 Å². The Morgan fingerprint density at radius 2 is 1.89 bits per heavy atom. The molecule has 0 saturated carbocycles. The number of furan rings is 1. The van der Waals surface area contributed by atoms with Crippen molar-refractivity contribution in [3.8, 4) is 5.75 Å². The van der Waals surface area contributed by atoms with Crippen LogP contribution in [0.2, 0.25) is 0 Å². The number of benzene rings is 1. The van der Waals surface area contributed by atoms with Crippen molar-refractivity contribution >= 4 is 16.0 Å². The minimum absolute atomic E-state index is 0.0195. The van der Waals surface area contributed by atoms with Crippen molar-refractivity contribution in [3.05, 3.63) is 54.5 Å². The standard InChI is InChI=1S/C19H24N2O5S/c22-19(20-15-18-7-4-13-25-18)16-8-10-21(11-9-16)12-14-27(23,24)26-17-5-2-1-3-6-17/h1-7,13,16H,8-12,14-15H2,(H,20,22). The lowest BCUT2D eigenvalue weighted by Crippen LogP contribution is -2.42. The zero-order valence-electron chi connectivity index (χ0n) is 15.0. The second-order valence-corrected chi connectivity index (χ2v) is 8.26. The van der Waals surface area contributed by atoms with E-state index >= 15 is 0 Å². The lowest BCUT2D eigenvalue weighted by Gasteiger charge is -2.30. The molecule has 1 aromatic carbocycles. The second-order valence-electron chi connectivity index (χ2n) is 6.57. The molecule has 8 heteroatoms. The third kappa shape index (κ3) is 6.11. The van der Waals surface area contributed by atoms with Crippen LogP contribution < -0.4 is 9.50 Å². The Labute approximate surface area is 159 Å². The number of piperidine rings is 1. The van der Waals surface area contributed by atoms with Crippen LogP contribution in [-0.2, 0) is 21.5 Å². The second kappa shape index (κ2) is 9.05. The van der Waals surface area contributed by atoms with E-state index in [4.69, 9.17) is 8.60 Å². The van der Waals surface area contributed by atoms with Crippen molar-refractivity contribution < 1.29 is 21.8 Å². The summed E-state index contributed by atoms with van der Waals surface area (Å²) < 4.78 is 34.5. The molecule has 0 spiro atoms. The Kier molecular flexibility index (Phi) is 6.52. The van der Waals surface area contributed by atoms with Gasteiger partial charge in [0.25, 0.3) is 0 Å². The van der Waals surface area contributed by atoms with Crippen molar-refractivity contribution in [2.24, 2.45) is 5.92 Å². The molecule has 1 N–H and O–H groups in total. The average molecular weight is 392 g/mol. The predicted octanol–water partition coefficient (Wildman–Crippen LogP) is 2.02. The van der Waals surface area contributed by atoms with Gasteiger partial charge in [0.1, 0.15) is 11.5 Å². The van der Waals surface area contributed by atoms with Gasteiger partial charge in [0.2, 0.25) is 5.91 Å². The summed E-state index contributed by atoms with van der Waals surface area (Å²) in [7, 11) is -3.63. The van der Waals surface area contributed by atoms with Gasteiger partial charge in [-0.15, -0.1) is 0 Å². The van der Waals surface area contributed by atoms with Crippen molar-refractivity contribution in [2.45, 2.75) is 19.4 Å². The quantitative estimate of drug-likeness (QED) is 0.692. The molecule has 27 heavy (non-hydrogen) atoms. The molecule has 1 saturated heterocycles. The normalized spacial score (nSPS) is 16.1. The number of likely N-dealkylation sites (tertiary alicyclic amines) is 1. The van der Waals surface area contributed by atoms with Gasteiger partial charge in [-0.3, -0.25) is 4.79 Å². The van der Waals surface area contributed by atoms with Gasteiger partial charge in [0.05, 0.1) is 18.6 Å². The first kappa shape index (κ1) is 19.4. The van der Waals surface area contributed by atoms with E-state index in [0.717, 1.165) is 5.76 Å². The van der Waals surface area contributed by atoms with Crippen LogP contribution in [0.15, 0.2) is 53.1 Å². The molecule has 146 valence electrons. The van der Waals surface area contributed by atoms with Gasteiger partial charge in [-0.25, -0.2) is 0 Å². The Bertz CT molecular complexity index is 813. The molecule has 0 aliphatic carbocycles. The first-order valence-corrected chi connectivity index (χ1v) is 10.6. The third-order valence-electron chi connectivity index (χ3n) is 4.60. The number of carbonyl (C=O) groups excluding carboxylic acids is 1. The summed E-state index contributed by atoms with van der Waals surface area (Å²) in [6.45, 7) is 2.18. The molecular weight excluding hydrogens is 368 g/mol. The van der Waals surface area contributed by atoms with Gasteiger partial charge >= 0.3 is 10.1 Å². The van der Waals surface area contributed by atoms with Crippen LogP contribution in [0.5, 0.6) is 5.75 Å². The topological polar surface area (TPSA) is 88.9 Å². The molecule has 1 aliphatic heterocycles. The van der Waals surface area contributed by atoms with Crippen molar-refractivity contribution in [3.63, 3.8) is 0 Å². The fourth-order valence-corrected chi connectivity index (χ4v) is 4.03. The highest BCUT2D eigenvalue weighted by atomic mass is 32.2. The first-order valence-electron chi connectivity index (χ1n) is 9.01. The zero-order valence-corrected chi connectivity index (χ0v) is 15.9. The third-order valence-corrected chi connectivity index (χ3v) is 5.73. The van der Waals surface area contributed by atoms with Crippen molar-refractivity contribution in [1.82, 2.24) is 10.2 Å². The van der Waals surface area contributed by atoms with Crippen LogP contribution in [0.4, 0.5) is 0 Å². The molecule has 2 aromatic rings. The SMILES string of the molecule is O=C(NCc1ccco1)C1CCN(CCS(=O)(=O)Oc2ccccc2)CC1. The molecule has 1 amide bonds. The molecule has 0 radical (unpaired) electrons. The molecule has 2 heterocycles. The number of para-hydroxylation sites is 1. The molecule has 0 atom stereocenters. The largest absolute Gasteiger partial charge is 0.467 e. The molecule has 0 unspecified atom stereocenters. The lowest BCUT2D eigenvalue weighted by molar-refractivity contribution is -0.126. The maximum Gasteiger partial charge on any atom is 0.310 e. The van der Waals surface area contributed by atoms with Gasteiger partial charge < -0.3 is 18.8 Å². The summed E-state index contributed by atoms with van der Waals surface area (Å²) >= 11 is 0. The van der Waals surface area contributed by atoms with Crippen LogP contribution in [0, 0.1) is 5.92 Å². The first-order chi connectivity index (χ1) is 13.0. The van der Waals surface area contributed by atoms with E-state index in [9.17, 15) is 13.2 Å². The van der Waals surface area contributed by atoms with E-state index in [1.807, 2.05) is 6.07 Å². The summed E-state index contributed by atoms with van der Waals surface area (Å²) in [5, 5.41) is 2.89. The van der Waals surface area contributed by atoms with Crippen molar-refractivity contribution in [1.29, 1.82) is 0 Å². The van der Waals surface area contributed by atoms with Gasteiger partial charge in [-0.1, -0.05) is 18.2 Å². The van der Waals surface area contributed by atoms with E-state index in [-0.39, 0.29) is 17.6 Å². The monoisotopic (exact) mass is 392 g/mol. The highest BCUT2D eigenvalue weighted by molar-refractivity contribution is 7.87. The zero-order chi connectivity index (χ0) is 19.1. The van der Waals surface area contributed by atoms with Crippen LogP contribution in [0.3, 0.4) is 0 Å². The smallest absolute Gasteiger partial charge is 0.310 e. The van der Waals surface area contributed by atoms with Gasteiger partial charge in [0.15, 0.2) is 0 Å². The molecule has 0 bridgehead atoms. The molecule has 3 rings (SSSR count). The summed E-state index contributed by atoms with van der Waals surface area (Å²) in [4.78, 5) is 14.3. The summed E-state index contributed by atoms with van der Waals surface area (Å²) in [5.41, 5.74) is 0. The summed E-state index contributed by atoms with van der Waals surface area (Å²) in [6.07, 6.45) is 3.00. The molecule has 1 aromatic heterocycles. The summed E-state index contributed by atoms with van der Waals surface area (Å²) in [5.74, 6) is 0.949. The van der Waals surface area contributed by atoms with Crippen molar-refractivity contribution in [2.75, 3.05) is 25.4 Å². The molecule has 1 fully saturated rings. The Morgan fingerprint density at radius 1 is 1.15 bits per heavy atom. The number of carbonyl (C=O) groups is 1. The van der Waals surface area contributed by atoms with Gasteiger partial charge in [0, 0.05) is 12.5 Å². The van der Waals surface area contributed by atoms with Crippen LogP contribution in [0.1, 0.15) is 18.6 Å². The number of amides is 1. The minimum atomic E-state index is -3.63. The Morgan fingerprint density at radius 3 is 2.56 bits per heavy atom. The van der Waals surface area contributed by atoms with Crippen LogP contribution in [0.25, 0.3) is 0 Å². The lowest BCUT2D eigenvalue weighted by atomic mass is 9.96. The van der Waals surface area contributed by atoms with Gasteiger partial charge in [-0.05, 0) is 50.2 Å². The Hall–Kier alpha value is -2.32. The predicted molar refractivity (Wildman–Crippen MR) is 101 cm³/mol. The van der Waals surface area contributed by atoms with E-state index in [0.29, 0.717) is 44.8 Å². The molecule has 7 nitrogen and oxygen atoms in total. The molecule has 1 aliphatic rings. The Balaban J connectivity index is 1.38. The fourth-order valence-electron chi connectivity index (χ4n) is 3.06. The van der Waals surface area contributed by atoms with E-state index in [1.165, 1.54) is 0 Å². The molecular formula is C19H24N2O5S. The number of hydrogen-bond donors (Lipinski definition) is 1. The summed E-state index contributed by atoms with van der Waals surface area (Å²) in [6, 6.07) is 12.1. The fraction of sp³-hybridized carbons (Fsp3) is 0.421. The average Bonchev–Trinajstić information content (AvgIpc) is 3.19. The number of hydrogen-bond acceptors (Lipinski definition) is 6. The maximum absolute atomic E-state index is 12.2. The van der Waals surface area contributed by atoms with Gasteiger partial charge in [-0.2, -0.15) is 8.42 Å². The maximum atomic E-state index is 12.2.